The molecule has 0 rings (SSSR count). The standard InChI is InChI=1S/C25H48NO9P/c1-3-4-5-6-7-8-9-10-11-12-13-14-15-16-17-18-24(27)33-20-22(19-32-2)35-36(30,31)34-21-23(26)25(28)29/h10-11,22-23H,3-9,12-21,26H2,1-2H3,(H,28,29)(H,30,31)/b11-10-/t22?,23-/m0/s1. The summed E-state index contributed by atoms with van der Waals surface area (Å²) in [5.74, 6) is -1.81. The van der Waals surface area contributed by atoms with Crippen molar-refractivity contribution in [1.29, 1.82) is 0 Å². The Morgan fingerprint density at radius 3 is 2.00 bits per heavy atom. The summed E-state index contributed by atoms with van der Waals surface area (Å²) in [5.41, 5.74) is 5.23. The van der Waals surface area contributed by atoms with Crippen LogP contribution in [0.5, 0.6) is 0 Å². The second kappa shape index (κ2) is 22.9. The van der Waals surface area contributed by atoms with Crippen molar-refractivity contribution in [3.8, 4) is 0 Å². The summed E-state index contributed by atoms with van der Waals surface area (Å²) in [6.07, 6.45) is 18.9. The largest absolute Gasteiger partial charge is 0.480 e. The molecular formula is C25H48NO9P. The van der Waals surface area contributed by atoms with E-state index in [0.29, 0.717) is 6.42 Å². The maximum Gasteiger partial charge on any atom is 0.472 e. The number of rotatable bonds is 25. The number of carbonyl (C=O) groups excluding carboxylic acids is 1. The highest BCUT2D eigenvalue weighted by molar-refractivity contribution is 7.47. The van der Waals surface area contributed by atoms with Gasteiger partial charge in [-0.25, -0.2) is 4.57 Å². The first kappa shape index (κ1) is 34.7. The molecule has 4 N–H and O–H groups in total. The van der Waals surface area contributed by atoms with E-state index in [9.17, 15) is 19.0 Å². The zero-order valence-electron chi connectivity index (χ0n) is 22.1. The van der Waals surface area contributed by atoms with Crippen molar-refractivity contribution in [3.05, 3.63) is 12.2 Å². The molecule has 0 heterocycles. The van der Waals surface area contributed by atoms with Crippen LogP contribution in [0.15, 0.2) is 12.2 Å². The Balaban J connectivity index is 3.86. The smallest absolute Gasteiger partial charge is 0.472 e. The van der Waals surface area contributed by atoms with Gasteiger partial charge in [-0.3, -0.25) is 18.6 Å². The van der Waals surface area contributed by atoms with Crippen molar-refractivity contribution >= 4 is 19.8 Å². The molecule has 36 heavy (non-hydrogen) atoms. The Kier molecular flexibility index (Phi) is 22.1. The molecule has 2 unspecified atom stereocenters. The number of methoxy groups -OCH3 is 1. The molecule has 10 nitrogen and oxygen atoms in total. The third kappa shape index (κ3) is 21.9. The third-order valence-electron chi connectivity index (χ3n) is 5.44. The molecule has 0 bridgehead atoms. The van der Waals surface area contributed by atoms with E-state index in [2.05, 4.69) is 23.6 Å². The van der Waals surface area contributed by atoms with Crippen molar-refractivity contribution in [2.24, 2.45) is 5.73 Å². The fourth-order valence-corrected chi connectivity index (χ4v) is 4.27. The molecule has 3 atom stereocenters. The lowest BCUT2D eigenvalue weighted by atomic mass is 10.1. The molecule has 0 amide bonds. The van der Waals surface area contributed by atoms with Gasteiger partial charge >= 0.3 is 19.8 Å². The van der Waals surface area contributed by atoms with Crippen molar-refractivity contribution < 1.29 is 42.7 Å². The van der Waals surface area contributed by atoms with Crippen LogP contribution in [0.2, 0.25) is 0 Å². The highest BCUT2D eigenvalue weighted by atomic mass is 31.2. The molecule has 0 spiro atoms. The molecule has 11 heteroatoms. The van der Waals surface area contributed by atoms with Crippen molar-refractivity contribution in [2.75, 3.05) is 26.9 Å². The van der Waals surface area contributed by atoms with Gasteiger partial charge in [-0.05, 0) is 32.1 Å². The lowest BCUT2D eigenvalue weighted by Crippen LogP contribution is -2.35. The Labute approximate surface area is 216 Å². The quantitative estimate of drug-likeness (QED) is 0.0618. The fraction of sp³-hybridized carbons (Fsp3) is 0.840. The Bertz CT molecular complexity index is 645. The van der Waals surface area contributed by atoms with Gasteiger partial charge in [-0.1, -0.05) is 70.4 Å². The molecule has 0 fully saturated rings. The van der Waals surface area contributed by atoms with E-state index in [1.807, 2.05) is 0 Å². The van der Waals surface area contributed by atoms with Crippen LogP contribution in [-0.4, -0.2) is 61.0 Å². The first-order valence-electron chi connectivity index (χ1n) is 13.2. The van der Waals surface area contributed by atoms with E-state index >= 15 is 0 Å². The average Bonchev–Trinajstić information content (AvgIpc) is 2.83. The summed E-state index contributed by atoms with van der Waals surface area (Å²) in [6.45, 7) is 1.11. The van der Waals surface area contributed by atoms with Gasteiger partial charge < -0.3 is 25.2 Å². The number of phosphoric acid groups is 1. The number of carbonyl (C=O) groups is 2. The number of hydrogen-bond acceptors (Lipinski definition) is 8. The summed E-state index contributed by atoms with van der Waals surface area (Å²) in [6, 6.07) is -1.47. The number of esters is 1. The van der Waals surface area contributed by atoms with E-state index in [4.69, 9.17) is 24.8 Å². The van der Waals surface area contributed by atoms with E-state index in [1.165, 1.54) is 52.1 Å². The summed E-state index contributed by atoms with van der Waals surface area (Å²) < 4.78 is 31.5. The number of ether oxygens (including phenoxy) is 2. The molecule has 0 aliphatic carbocycles. The monoisotopic (exact) mass is 537 g/mol. The number of carboxylic acids is 1. The number of aliphatic carboxylic acids is 1. The van der Waals surface area contributed by atoms with Gasteiger partial charge in [0.25, 0.3) is 0 Å². The number of unbranched alkanes of at least 4 members (excludes halogenated alkanes) is 11. The first-order chi connectivity index (χ1) is 17.2. The number of nitrogens with two attached hydrogens (primary N) is 1. The number of hydrogen-bond donors (Lipinski definition) is 3. The summed E-state index contributed by atoms with van der Waals surface area (Å²) in [5, 5.41) is 8.70. The molecule has 0 aromatic rings. The first-order valence-corrected chi connectivity index (χ1v) is 14.6. The second-order valence-corrected chi connectivity index (χ2v) is 10.3. The van der Waals surface area contributed by atoms with Gasteiger partial charge in [0.05, 0.1) is 13.2 Å². The summed E-state index contributed by atoms with van der Waals surface area (Å²) in [4.78, 5) is 32.4. The van der Waals surface area contributed by atoms with Gasteiger partial charge in [-0.15, -0.1) is 0 Å². The molecule has 0 aromatic heterocycles. The van der Waals surface area contributed by atoms with Gasteiger partial charge in [0, 0.05) is 13.5 Å². The summed E-state index contributed by atoms with van der Waals surface area (Å²) >= 11 is 0. The number of allylic oxidation sites excluding steroid dienone is 2. The van der Waals surface area contributed by atoms with Crippen LogP contribution in [0, 0.1) is 0 Å². The van der Waals surface area contributed by atoms with Crippen LogP contribution in [0.25, 0.3) is 0 Å². The molecule has 0 saturated carbocycles. The summed E-state index contributed by atoms with van der Waals surface area (Å²) in [7, 11) is -3.25. The predicted molar refractivity (Wildman–Crippen MR) is 139 cm³/mol. The molecule has 212 valence electrons. The van der Waals surface area contributed by atoms with Gasteiger partial charge in [0.1, 0.15) is 18.8 Å². The van der Waals surface area contributed by atoms with Gasteiger partial charge in [-0.2, -0.15) is 0 Å². The third-order valence-corrected chi connectivity index (χ3v) is 6.48. The normalized spacial score (nSPS) is 15.0. The molecule has 0 aliphatic rings. The van der Waals surface area contributed by atoms with Crippen LogP contribution < -0.4 is 5.73 Å². The molecule has 0 radical (unpaired) electrons. The zero-order valence-corrected chi connectivity index (χ0v) is 23.0. The van der Waals surface area contributed by atoms with Crippen molar-refractivity contribution in [2.45, 2.75) is 109 Å². The highest BCUT2D eigenvalue weighted by Gasteiger charge is 2.29. The van der Waals surface area contributed by atoms with Crippen LogP contribution in [0.1, 0.15) is 96.8 Å². The maximum absolute atomic E-state index is 12.0. The molecule has 0 aliphatic heterocycles. The maximum atomic E-state index is 12.0. The molecule has 0 aromatic carbocycles. The molecule has 0 saturated heterocycles. The minimum absolute atomic E-state index is 0.125. The zero-order chi connectivity index (χ0) is 27.1. The van der Waals surface area contributed by atoms with Gasteiger partial charge in [0.15, 0.2) is 0 Å². The van der Waals surface area contributed by atoms with E-state index < -0.39 is 38.5 Å². The lowest BCUT2D eigenvalue weighted by Gasteiger charge is -2.20. The van der Waals surface area contributed by atoms with Crippen LogP contribution in [0.3, 0.4) is 0 Å². The van der Waals surface area contributed by atoms with Gasteiger partial charge in [0.2, 0.25) is 0 Å². The van der Waals surface area contributed by atoms with E-state index in [0.717, 1.165) is 32.1 Å². The van der Waals surface area contributed by atoms with Crippen LogP contribution in [0.4, 0.5) is 0 Å². The minimum Gasteiger partial charge on any atom is -0.480 e. The van der Waals surface area contributed by atoms with E-state index in [-0.39, 0.29) is 19.6 Å². The number of phosphoric ester groups is 1. The highest BCUT2D eigenvalue weighted by Crippen LogP contribution is 2.44. The average molecular weight is 538 g/mol. The van der Waals surface area contributed by atoms with Crippen molar-refractivity contribution in [1.82, 2.24) is 0 Å². The number of carboxylic acid groups (broad SMARTS) is 1. The fourth-order valence-electron chi connectivity index (χ4n) is 3.36. The lowest BCUT2D eigenvalue weighted by molar-refractivity contribution is -0.147. The Morgan fingerprint density at radius 2 is 1.44 bits per heavy atom. The predicted octanol–water partition coefficient (Wildman–Crippen LogP) is 5.13. The topological polar surface area (TPSA) is 155 Å². The van der Waals surface area contributed by atoms with Crippen molar-refractivity contribution in [3.63, 3.8) is 0 Å². The van der Waals surface area contributed by atoms with E-state index in [1.54, 1.807) is 0 Å². The second-order valence-electron chi connectivity index (χ2n) is 8.91. The Hall–Kier alpha value is -1.29. The SMILES string of the molecule is CCCCCCCC/C=C\CCCCCCCC(=O)OCC(COC)OP(=O)(O)OC[C@H](N)C(=O)O. The Morgan fingerprint density at radius 1 is 0.889 bits per heavy atom. The molecular weight excluding hydrogens is 489 g/mol. The van der Waals surface area contributed by atoms with Crippen LogP contribution >= 0.6 is 7.82 Å². The van der Waals surface area contributed by atoms with Crippen LogP contribution in [-0.2, 0) is 32.7 Å². The minimum atomic E-state index is -4.60.